The molecule has 0 radical (unpaired) electrons. The van der Waals surface area contributed by atoms with Crippen LogP contribution in [0, 0.1) is 5.92 Å². The molecule has 19 heavy (non-hydrogen) atoms. The van der Waals surface area contributed by atoms with Crippen molar-refractivity contribution in [2.45, 2.75) is 82.7 Å². The highest BCUT2D eigenvalue weighted by molar-refractivity contribution is 5.07. The second-order valence-electron chi connectivity index (χ2n) is 7.45. The molecule has 3 fully saturated rings. The summed E-state index contributed by atoms with van der Waals surface area (Å²) >= 11 is 0. The Morgan fingerprint density at radius 1 is 1.05 bits per heavy atom. The number of rotatable bonds is 4. The maximum Gasteiger partial charge on any atom is 0.0335 e. The van der Waals surface area contributed by atoms with E-state index in [1.807, 2.05) is 0 Å². The number of piperazine rings is 1. The summed E-state index contributed by atoms with van der Waals surface area (Å²) in [6.07, 6.45) is 12.8. The van der Waals surface area contributed by atoms with Crippen LogP contribution in [0.25, 0.3) is 0 Å². The van der Waals surface area contributed by atoms with Crippen LogP contribution in [0.3, 0.4) is 0 Å². The molecule has 0 atom stereocenters. The highest BCUT2D eigenvalue weighted by Gasteiger charge is 2.47. The van der Waals surface area contributed by atoms with E-state index in [1.165, 1.54) is 77.4 Å². The lowest BCUT2D eigenvalue weighted by molar-refractivity contribution is -0.0147. The van der Waals surface area contributed by atoms with E-state index in [1.54, 1.807) is 0 Å². The molecule has 2 saturated carbocycles. The van der Waals surface area contributed by atoms with Crippen molar-refractivity contribution >= 4 is 0 Å². The molecule has 1 saturated heterocycles. The van der Waals surface area contributed by atoms with Crippen LogP contribution in [-0.2, 0) is 0 Å². The summed E-state index contributed by atoms with van der Waals surface area (Å²) in [5.41, 5.74) is 0.932. The molecule has 1 spiro atoms. The highest BCUT2D eigenvalue weighted by atomic mass is 15.3. The third kappa shape index (κ3) is 2.47. The molecule has 0 bridgehead atoms. The first kappa shape index (κ1) is 13.9. The Morgan fingerprint density at radius 2 is 1.74 bits per heavy atom. The lowest BCUT2D eigenvalue weighted by Gasteiger charge is -2.55. The summed E-state index contributed by atoms with van der Waals surface area (Å²) in [5.74, 6) is 1.02. The maximum absolute atomic E-state index is 3.96. The van der Waals surface area contributed by atoms with Gasteiger partial charge in [0, 0.05) is 30.7 Å². The molecule has 2 nitrogen and oxygen atoms in total. The molecule has 1 aliphatic heterocycles. The summed E-state index contributed by atoms with van der Waals surface area (Å²) in [6.45, 7) is 8.68. The van der Waals surface area contributed by atoms with Crippen LogP contribution in [0.15, 0.2) is 0 Å². The van der Waals surface area contributed by atoms with E-state index in [0.717, 1.165) is 5.92 Å². The predicted molar refractivity (Wildman–Crippen MR) is 81.4 cm³/mol. The normalized spacial score (nSPS) is 30.6. The lowest BCUT2D eigenvalue weighted by atomic mass is 9.79. The SMILES string of the molecule is CCC1(CC)CN(CC2CCC2)C2(CCCC2)CN1. The number of hydrogen-bond acceptors (Lipinski definition) is 2. The fourth-order valence-corrected chi connectivity index (χ4v) is 4.55. The van der Waals surface area contributed by atoms with Crippen molar-refractivity contribution in [2.24, 2.45) is 5.92 Å². The summed E-state index contributed by atoms with van der Waals surface area (Å²) in [6, 6.07) is 0. The Labute approximate surface area is 119 Å². The van der Waals surface area contributed by atoms with Gasteiger partial charge in [-0.1, -0.05) is 33.1 Å². The molecule has 1 heterocycles. The van der Waals surface area contributed by atoms with Crippen molar-refractivity contribution in [1.29, 1.82) is 0 Å². The van der Waals surface area contributed by atoms with Gasteiger partial charge in [0.25, 0.3) is 0 Å². The maximum atomic E-state index is 3.96. The zero-order valence-corrected chi connectivity index (χ0v) is 13.0. The van der Waals surface area contributed by atoms with Crippen LogP contribution < -0.4 is 5.32 Å². The first-order valence-corrected chi connectivity index (χ1v) is 8.72. The molecule has 0 aromatic heterocycles. The van der Waals surface area contributed by atoms with E-state index >= 15 is 0 Å². The fourth-order valence-electron chi connectivity index (χ4n) is 4.55. The number of hydrogen-bond donors (Lipinski definition) is 1. The van der Waals surface area contributed by atoms with E-state index < -0.39 is 0 Å². The fraction of sp³-hybridized carbons (Fsp3) is 1.00. The second kappa shape index (κ2) is 5.37. The average Bonchev–Trinajstić information content (AvgIpc) is 2.86. The van der Waals surface area contributed by atoms with Gasteiger partial charge >= 0.3 is 0 Å². The first-order chi connectivity index (χ1) is 9.22. The molecule has 0 unspecified atom stereocenters. The van der Waals surface area contributed by atoms with Crippen molar-refractivity contribution in [3.8, 4) is 0 Å². The van der Waals surface area contributed by atoms with Gasteiger partial charge in [-0.2, -0.15) is 0 Å². The zero-order chi connectivity index (χ0) is 13.3. The van der Waals surface area contributed by atoms with E-state index in [-0.39, 0.29) is 0 Å². The van der Waals surface area contributed by atoms with Gasteiger partial charge in [0.05, 0.1) is 0 Å². The molecule has 0 amide bonds. The van der Waals surface area contributed by atoms with Gasteiger partial charge in [0.2, 0.25) is 0 Å². The van der Waals surface area contributed by atoms with E-state index in [2.05, 4.69) is 24.1 Å². The Balaban J connectivity index is 1.74. The Bertz CT molecular complexity index is 298. The standard InChI is InChI=1S/C17H32N2/c1-3-16(4-2)14-19(12-15-8-7-9-15)17(13-18-16)10-5-6-11-17/h15,18H,3-14H2,1-2H3. The predicted octanol–water partition coefficient (Wildman–Crippen LogP) is 3.56. The Hall–Kier alpha value is -0.0800. The van der Waals surface area contributed by atoms with Gasteiger partial charge in [-0.3, -0.25) is 4.90 Å². The second-order valence-corrected chi connectivity index (χ2v) is 7.45. The molecular formula is C17H32N2. The molecule has 0 aromatic carbocycles. The molecule has 2 heteroatoms. The molecular weight excluding hydrogens is 232 g/mol. The average molecular weight is 264 g/mol. The minimum atomic E-state index is 0.400. The van der Waals surface area contributed by atoms with Crippen molar-refractivity contribution in [3.05, 3.63) is 0 Å². The largest absolute Gasteiger partial charge is 0.308 e. The minimum Gasteiger partial charge on any atom is -0.308 e. The Morgan fingerprint density at radius 3 is 2.26 bits per heavy atom. The Kier molecular flexibility index (Phi) is 3.92. The molecule has 0 aromatic rings. The van der Waals surface area contributed by atoms with Gasteiger partial charge in [-0.15, -0.1) is 0 Å². The lowest BCUT2D eigenvalue weighted by Crippen LogP contribution is -2.69. The van der Waals surface area contributed by atoms with Gasteiger partial charge < -0.3 is 5.32 Å². The molecule has 110 valence electrons. The van der Waals surface area contributed by atoms with Gasteiger partial charge in [-0.05, 0) is 44.4 Å². The van der Waals surface area contributed by atoms with Crippen LogP contribution in [0.2, 0.25) is 0 Å². The summed E-state index contributed by atoms with van der Waals surface area (Å²) in [7, 11) is 0. The topological polar surface area (TPSA) is 15.3 Å². The summed E-state index contributed by atoms with van der Waals surface area (Å²) in [5, 5.41) is 3.96. The number of nitrogens with zero attached hydrogens (tertiary/aromatic N) is 1. The zero-order valence-electron chi connectivity index (χ0n) is 13.0. The minimum absolute atomic E-state index is 0.400. The first-order valence-electron chi connectivity index (χ1n) is 8.72. The van der Waals surface area contributed by atoms with Crippen LogP contribution in [-0.4, -0.2) is 35.6 Å². The summed E-state index contributed by atoms with van der Waals surface area (Å²) in [4.78, 5) is 2.94. The van der Waals surface area contributed by atoms with Crippen molar-refractivity contribution in [1.82, 2.24) is 10.2 Å². The number of nitrogens with one attached hydrogen (secondary N) is 1. The summed E-state index contributed by atoms with van der Waals surface area (Å²) < 4.78 is 0. The molecule has 1 N–H and O–H groups in total. The van der Waals surface area contributed by atoms with E-state index in [9.17, 15) is 0 Å². The molecule has 2 aliphatic carbocycles. The monoisotopic (exact) mass is 264 g/mol. The van der Waals surface area contributed by atoms with Crippen molar-refractivity contribution in [3.63, 3.8) is 0 Å². The van der Waals surface area contributed by atoms with Crippen molar-refractivity contribution < 1.29 is 0 Å². The van der Waals surface area contributed by atoms with Crippen LogP contribution in [0.4, 0.5) is 0 Å². The highest BCUT2D eigenvalue weighted by Crippen LogP contribution is 2.41. The smallest absolute Gasteiger partial charge is 0.0335 e. The van der Waals surface area contributed by atoms with Crippen molar-refractivity contribution in [2.75, 3.05) is 19.6 Å². The van der Waals surface area contributed by atoms with E-state index in [0.29, 0.717) is 11.1 Å². The van der Waals surface area contributed by atoms with Gasteiger partial charge in [0.15, 0.2) is 0 Å². The van der Waals surface area contributed by atoms with Crippen LogP contribution in [0.5, 0.6) is 0 Å². The van der Waals surface area contributed by atoms with Gasteiger partial charge in [0.1, 0.15) is 0 Å². The van der Waals surface area contributed by atoms with E-state index in [4.69, 9.17) is 0 Å². The quantitative estimate of drug-likeness (QED) is 0.835. The third-order valence-electron chi connectivity index (χ3n) is 6.55. The third-order valence-corrected chi connectivity index (χ3v) is 6.55. The molecule has 3 rings (SSSR count). The van der Waals surface area contributed by atoms with Crippen LogP contribution >= 0.6 is 0 Å². The van der Waals surface area contributed by atoms with Crippen LogP contribution in [0.1, 0.15) is 71.6 Å². The van der Waals surface area contributed by atoms with Gasteiger partial charge in [-0.25, -0.2) is 0 Å². The molecule has 3 aliphatic rings.